The van der Waals surface area contributed by atoms with Gasteiger partial charge in [0.2, 0.25) is 0 Å². The maximum Gasteiger partial charge on any atom is 0.412 e. The number of anilines is 2. The lowest BCUT2D eigenvalue weighted by Crippen LogP contribution is -2.30. The van der Waals surface area contributed by atoms with Gasteiger partial charge in [-0.15, -0.1) is 0 Å². The highest BCUT2D eigenvalue weighted by atomic mass is 16.6. The van der Waals surface area contributed by atoms with Gasteiger partial charge in [0.05, 0.1) is 17.9 Å². The Morgan fingerprint density at radius 3 is 2.23 bits per heavy atom. The Bertz CT molecular complexity index is 918. The Kier molecular flexibility index (Phi) is 8.01. The molecule has 1 unspecified atom stereocenters. The molecule has 31 heavy (non-hydrogen) atoms. The van der Waals surface area contributed by atoms with E-state index in [-0.39, 0.29) is 5.56 Å². The van der Waals surface area contributed by atoms with Gasteiger partial charge in [0, 0.05) is 5.69 Å². The zero-order valence-corrected chi connectivity index (χ0v) is 18.4. The molecule has 0 radical (unpaired) electrons. The molecule has 166 valence electrons. The van der Waals surface area contributed by atoms with E-state index < -0.39 is 29.7 Å². The topological polar surface area (TPSA) is 103 Å². The van der Waals surface area contributed by atoms with Crippen LogP contribution in [0.3, 0.4) is 0 Å². The number of rotatable bonds is 7. The summed E-state index contributed by atoms with van der Waals surface area (Å²) in [6.07, 6.45) is -1.62. The van der Waals surface area contributed by atoms with Crippen LogP contribution in [0.1, 0.15) is 45.0 Å². The largest absolute Gasteiger partial charge is 0.492 e. The smallest absolute Gasteiger partial charge is 0.412 e. The lowest BCUT2D eigenvalue weighted by molar-refractivity contribution is -0.123. The van der Waals surface area contributed by atoms with Gasteiger partial charge in [0.25, 0.3) is 5.91 Å². The fraction of sp³-hybridized carbons (Fsp3) is 0.348. The number of esters is 1. The lowest BCUT2D eigenvalue weighted by Gasteiger charge is -2.19. The SMILES string of the molecule is CCOc1ccccc1NC(=O)C(C)OC(=O)c1ccc(NC(=O)OC(C)(C)C)cc1. The fourth-order valence-corrected chi connectivity index (χ4v) is 2.48. The van der Waals surface area contributed by atoms with Gasteiger partial charge in [-0.3, -0.25) is 10.1 Å². The minimum Gasteiger partial charge on any atom is -0.492 e. The summed E-state index contributed by atoms with van der Waals surface area (Å²) in [7, 11) is 0. The van der Waals surface area contributed by atoms with E-state index in [9.17, 15) is 14.4 Å². The molecule has 0 aliphatic rings. The van der Waals surface area contributed by atoms with Gasteiger partial charge < -0.3 is 19.5 Å². The predicted octanol–water partition coefficient (Wildman–Crippen LogP) is 4.62. The van der Waals surface area contributed by atoms with Gasteiger partial charge >= 0.3 is 12.1 Å². The molecular formula is C23H28N2O6. The van der Waals surface area contributed by atoms with Crippen molar-refractivity contribution in [1.82, 2.24) is 0 Å². The Morgan fingerprint density at radius 1 is 0.968 bits per heavy atom. The van der Waals surface area contributed by atoms with Gasteiger partial charge in [-0.25, -0.2) is 9.59 Å². The van der Waals surface area contributed by atoms with E-state index in [0.29, 0.717) is 23.7 Å². The highest BCUT2D eigenvalue weighted by molar-refractivity contribution is 5.98. The monoisotopic (exact) mass is 428 g/mol. The summed E-state index contributed by atoms with van der Waals surface area (Å²) in [5, 5.41) is 5.28. The van der Waals surface area contributed by atoms with Crippen molar-refractivity contribution in [2.45, 2.75) is 46.3 Å². The van der Waals surface area contributed by atoms with Crippen LogP contribution in [0, 0.1) is 0 Å². The van der Waals surface area contributed by atoms with Crippen LogP contribution in [0.4, 0.5) is 16.2 Å². The molecule has 2 rings (SSSR count). The zero-order chi connectivity index (χ0) is 23.0. The summed E-state index contributed by atoms with van der Waals surface area (Å²) in [6, 6.07) is 13.1. The van der Waals surface area contributed by atoms with E-state index in [1.165, 1.54) is 19.1 Å². The van der Waals surface area contributed by atoms with Crippen molar-refractivity contribution in [3.63, 3.8) is 0 Å². The van der Waals surface area contributed by atoms with Crippen LogP contribution in [-0.2, 0) is 14.3 Å². The third-order valence-electron chi connectivity index (χ3n) is 3.86. The fourth-order valence-electron chi connectivity index (χ4n) is 2.48. The van der Waals surface area contributed by atoms with Gasteiger partial charge in [-0.05, 0) is 71.0 Å². The molecule has 0 aliphatic carbocycles. The molecule has 0 saturated carbocycles. The van der Waals surface area contributed by atoms with Crippen LogP contribution in [-0.4, -0.2) is 36.3 Å². The van der Waals surface area contributed by atoms with Crippen LogP contribution in [0.2, 0.25) is 0 Å². The van der Waals surface area contributed by atoms with E-state index in [4.69, 9.17) is 14.2 Å². The highest BCUT2D eigenvalue weighted by Crippen LogP contribution is 2.24. The first-order valence-electron chi connectivity index (χ1n) is 9.93. The molecule has 0 aromatic heterocycles. The Balaban J connectivity index is 1.93. The summed E-state index contributed by atoms with van der Waals surface area (Å²) >= 11 is 0. The van der Waals surface area contributed by atoms with E-state index in [0.717, 1.165) is 0 Å². The molecule has 0 aliphatic heterocycles. The maximum atomic E-state index is 12.4. The van der Waals surface area contributed by atoms with Crippen molar-refractivity contribution in [3.05, 3.63) is 54.1 Å². The molecule has 2 aromatic rings. The third-order valence-corrected chi connectivity index (χ3v) is 3.86. The van der Waals surface area contributed by atoms with Crippen molar-refractivity contribution < 1.29 is 28.6 Å². The Hall–Kier alpha value is -3.55. The van der Waals surface area contributed by atoms with Gasteiger partial charge in [0.15, 0.2) is 6.10 Å². The van der Waals surface area contributed by atoms with Gasteiger partial charge in [0.1, 0.15) is 11.4 Å². The number of amides is 2. The number of hydrogen-bond donors (Lipinski definition) is 2. The molecule has 8 nitrogen and oxygen atoms in total. The lowest BCUT2D eigenvalue weighted by atomic mass is 10.2. The normalized spacial score (nSPS) is 11.8. The summed E-state index contributed by atoms with van der Waals surface area (Å²) in [5.74, 6) is -0.613. The number of carbonyl (C=O) groups excluding carboxylic acids is 3. The first-order chi connectivity index (χ1) is 14.6. The number of benzene rings is 2. The molecule has 0 spiro atoms. The molecule has 1 atom stereocenters. The standard InChI is InChI=1S/C23H28N2O6/c1-6-29-19-10-8-7-9-18(19)25-20(26)15(2)30-21(27)16-11-13-17(14-12-16)24-22(28)31-23(3,4)5/h7-15H,6H2,1-5H3,(H,24,28)(H,25,26). The second kappa shape index (κ2) is 10.5. The molecule has 8 heteroatoms. The molecule has 2 aromatic carbocycles. The summed E-state index contributed by atoms with van der Waals surface area (Å²) in [4.78, 5) is 36.6. The number of ether oxygens (including phenoxy) is 3. The molecule has 2 N–H and O–H groups in total. The first-order valence-corrected chi connectivity index (χ1v) is 9.93. The second-order valence-corrected chi connectivity index (χ2v) is 7.67. The number of para-hydroxylation sites is 2. The third kappa shape index (κ3) is 7.65. The molecule has 2 amide bonds. The average Bonchev–Trinajstić information content (AvgIpc) is 2.68. The molecular weight excluding hydrogens is 400 g/mol. The molecule has 0 heterocycles. The van der Waals surface area contributed by atoms with E-state index >= 15 is 0 Å². The second-order valence-electron chi connectivity index (χ2n) is 7.67. The number of nitrogens with one attached hydrogen (secondary N) is 2. The van der Waals surface area contributed by atoms with Crippen LogP contribution < -0.4 is 15.4 Å². The van der Waals surface area contributed by atoms with Crippen molar-refractivity contribution in [2.75, 3.05) is 17.2 Å². The van der Waals surface area contributed by atoms with Crippen molar-refractivity contribution in [3.8, 4) is 5.75 Å². The van der Waals surface area contributed by atoms with E-state index in [1.807, 2.05) is 6.92 Å². The van der Waals surface area contributed by atoms with Crippen LogP contribution in [0.5, 0.6) is 5.75 Å². The average molecular weight is 428 g/mol. The molecule has 0 saturated heterocycles. The minimum absolute atomic E-state index is 0.240. The van der Waals surface area contributed by atoms with Crippen molar-refractivity contribution in [2.24, 2.45) is 0 Å². The van der Waals surface area contributed by atoms with Crippen LogP contribution in [0.15, 0.2) is 48.5 Å². The van der Waals surface area contributed by atoms with E-state index in [1.54, 1.807) is 57.2 Å². The minimum atomic E-state index is -1.03. The molecule has 0 bridgehead atoms. The first kappa shape index (κ1) is 23.7. The Labute approximate surface area is 181 Å². The van der Waals surface area contributed by atoms with Gasteiger partial charge in [-0.1, -0.05) is 12.1 Å². The summed E-state index contributed by atoms with van der Waals surface area (Å²) in [6.45, 7) is 9.07. The molecule has 0 fully saturated rings. The van der Waals surface area contributed by atoms with Crippen molar-refractivity contribution in [1.29, 1.82) is 0 Å². The van der Waals surface area contributed by atoms with Crippen LogP contribution in [0.25, 0.3) is 0 Å². The summed E-state index contributed by atoms with van der Waals surface area (Å²) in [5.41, 5.74) is 0.580. The van der Waals surface area contributed by atoms with Gasteiger partial charge in [-0.2, -0.15) is 0 Å². The zero-order valence-electron chi connectivity index (χ0n) is 18.4. The number of carbonyl (C=O) groups is 3. The predicted molar refractivity (Wildman–Crippen MR) is 117 cm³/mol. The van der Waals surface area contributed by atoms with Crippen LogP contribution >= 0.6 is 0 Å². The van der Waals surface area contributed by atoms with E-state index in [2.05, 4.69) is 10.6 Å². The highest BCUT2D eigenvalue weighted by Gasteiger charge is 2.21. The van der Waals surface area contributed by atoms with Crippen molar-refractivity contribution >= 4 is 29.3 Å². The maximum absolute atomic E-state index is 12.4. The number of hydrogen-bond acceptors (Lipinski definition) is 6. The summed E-state index contributed by atoms with van der Waals surface area (Å²) < 4.78 is 15.9. The Morgan fingerprint density at radius 2 is 1.61 bits per heavy atom. The quantitative estimate of drug-likeness (QED) is 0.624.